The monoisotopic (exact) mass is 196 g/mol. The van der Waals surface area contributed by atoms with Gasteiger partial charge in [0.05, 0.1) is 6.61 Å². The molecule has 0 saturated carbocycles. The van der Waals surface area contributed by atoms with Crippen LogP contribution in [0.3, 0.4) is 0 Å². The standard InChI is InChI=1S/C9H16N4O/c1-3-7-8(10)11-5-12-9(7)13-6(2)4-14/h5-6,14H,3-4H2,1-2H3,(H3,10,11,12,13). The third-order valence-corrected chi connectivity index (χ3v) is 1.99. The first-order valence-electron chi connectivity index (χ1n) is 4.65. The summed E-state index contributed by atoms with van der Waals surface area (Å²) in [6.07, 6.45) is 2.19. The molecule has 4 N–H and O–H groups in total. The molecule has 0 bridgehead atoms. The van der Waals surface area contributed by atoms with Crippen LogP contribution < -0.4 is 11.1 Å². The van der Waals surface area contributed by atoms with Gasteiger partial charge in [0.2, 0.25) is 0 Å². The van der Waals surface area contributed by atoms with Crippen molar-refractivity contribution in [2.24, 2.45) is 0 Å². The van der Waals surface area contributed by atoms with Gasteiger partial charge in [-0.1, -0.05) is 6.92 Å². The maximum absolute atomic E-state index is 8.89. The number of nitrogen functional groups attached to an aromatic ring is 1. The SMILES string of the molecule is CCc1c(N)ncnc1NC(C)CO. The molecule has 1 heterocycles. The molecular formula is C9H16N4O. The number of aromatic nitrogens is 2. The van der Waals surface area contributed by atoms with Crippen LogP contribution in [0.25, 0.3) is 0 Å². The molecule has 1 atom stereocenters. The summed E-state index contributed by atoms with van der Waals surface area (Å²) in [7, 11) is 0. The van der Waals surface area contributed by atoms with Gasteiger partial charge in [-0.2, -0.15) is 0 Å². The molecular weight excluding hydrogens is 180 g/mol. The average Bonchev–Trinajstić information content (AvgIpc) is 2.18. The highest BCUT2D eigenvalue weighted by molar-refractivity contribution is 5.55. The van der Waals surface area contributed by atoms with E-state index in [2.05, 4.69) is 15.3 Å². The van der Waals surface area contributed by atoms with Crippen LogP contribution in [-0.2, 0) is 6.42 Å². The lowest BCUT2D eigenvalue weighted by Gasteiger charge is -2.14. The molecule has 0 aliphatic carbocycles. The number of aliphatic hydroxyl groups excluding tert-OH is 1. The molecule has 14 heavy (non-hydrogen) atoms. The zero-order chi connectivity index (χ0) is 10.6. The molecule has 0 fully saturated rings. The van der Waals surface area contributed by atoms with E-state index in [0.29, 0.717) is 11.6 Å². The van der Waals surface area contributed by atoms with E-state index in [4.69, 9.17) is 10.8 Å². The third-order valence-electron chi connectivity index (χ3n) is 1.99. The van der Waals surface area contributed by atoms with Gasteiger partial charge in [-0.3, -0.25) is 0 Å². The minimum Gasteiger partial charge on any atom is -0.394 e. The lowest BCUT2D eigenvalue weighted by atomic mass is 10.2. The zero-order valence-electron chi connectivity index (χ0n) is 8.49. The number of nitrogens with zero attached hydrogens (tertiary/aromatic N) is 2. The Labute approximate surface area is 83.4 Å². The van der Waals surface area contributed by atoms with Crippen molar-refractivity contribution in [2.45, 2.75) is 26.3 Å². The third kappa shape index (κ3) is 2.32. The fraction of sp³-hybridized carbons (Fsp3) is 0.556. The summed E-state index contributed by atoms with van der Waals surface area (Å²) in [6.45, 7) is 3.93. The maximum Gasteiger partial charge on any atom is 0.134 e. The lowest BCUT2D eigenvalue weighted by molar-refractivity contribution is 0.281. The van der Waals surface area contributed by atoms with E-state index < -0.39 is 0 Å². The predicted molar refractivity (Wildman–Crippen MR) is 56.0 cm³/mol. The van der Waals surface area contributed by atoms with Crippen LogP contribution >= 0.6 is 0 Å². The Morgan fingerprint density at radius 2 is 2.29 bits per heavy atom. The summed E-state index contributed by atoms with van der Waals surface area (Å²) in [5.74, 6) is 1.21. The Bertz CT molecular complexity index is 303. The van der Waals surface area contributed by atoms with E-state index in [1.165, 1.54) is 6.33 Å². The molecule has 0 saturated heterocycles. The Morgan fingerprint density at radius 1 is 1.57 bits per heavy atom. The van der Waals surface area contributed by atoms with Gasteiger partial charge in [0, 0.05) is 11.6 Å². The summed E-state index contributed by atoms with van der Waals surface area (Å²) >= 11 is 0. The van der Waals surface area contributed by atoms with Gasteiger partial charge in [0.1, 0.15) is 18.0 Å². The molecule has 0 aliphatic rings. The van der Waals surface area contributed by atoms with Gasteiger partial charge >= 0.3 is 0 Å². The fourth-order valence-corrected chi connectivity index (χ4v) is 1.18. The highest BCUT2D eigenvalue weighted by Gasteiger charge is 2.08. The Balaban J connectivity index is 2.90. The molecule has 78 valence electrons. The van der Waals surface area contributed by atoms with Crippen molar-refractivity contribution in [1.82, 2.24) is 9.97 Å². The number of rotatable bonds is 4. The molecule has 1 rings (SSSR count). The van der Waals surface area contributed by atoms with Gasteiger partial charge in [0.25, 0.3) is 0 Å². The van der Waals surface area contributed by atoms with Crippen LogP contribution in [-0.4, -0.2) is 27.7 Å². The second kappa shape index (κ2) is 4.76. The van der Waals surface area contributed by atoms with Crippen LogP contribution in [0.4, 0.5) is 11.6 Å². The number of hydrogen-bond acceptors (Lipinski definition) is 5. The van der Waals surface area contributed by atoms with Crippen molar-refractivity contribution in [3.05, 3.63) is 11.9 Å². The summed E-state index contributed by atoms with van der Waals surface area (Å²) in [4.78, 5) is 7.99. The van der Waals surface area contributed by atoms with E-state index in [1.807, 2.05) is 13.8 Å². The summed E-state index contributed by atoms with van der Waals surface area (Å²) in [6, 6.07) is -0.0328. The number of nitrogens with one attached hydrogen (secondary N) is 1. The molecule has 0 amide bonds. The van der Waals surface area contributed by atoms with Crippen LogP contribution in [0.5, 0.6) is 0 Å². The normalized spacial score (nSPS) is 12.5. The Morgan fingerprint density at radius 3 is 2.86 bits per heavy atom. The van der Waals surface area contributed by atoms with E-state index in [0.717, 1.165) is 12.0 Å². The van der Waals surface area contributed by atoms with Crippen LogP contribution in [0, 0.1) is 0 Å². The smallest absolute Gasteiger partial charge is 0.134 e. The number of anilines is 2. The molecule has 0 spiro atoms. The minimum absolute atomic E-state index is 0.0328. The quantitative estimate of drug-likeness (QED) is 0.649. The molecule has 0 aromatic carbocycles. The van der Waals surface area contributed by atoms with Crippen LogP contribution in [0.1, 0.15) is 19.4 Å². The van der Waals surface area contributed by atoms with Crippen molar-refractivity contribution < 1.29 is 5.11 Å². The number of aliphatic hydroxyl groups is 1. The molecule has 1 aromatic rings. The fourth-order valence-electron chi connectivity index (χ4n) is 1.18. The molecule has 5 nitrogen and oxygen atoms in total. The molecule has 0 aliphatic heterocycles. The van der Waals surface area contributed by atoms with Gasteiger partial charge in [0.15, 0.2) is 0 Å². The van der Waals surface area contributed by atoms with Crippen LogP contribution in [0.15, 0.2) is 6.33 Å². The van der Waals surface area contributed by atoms with Gasteiger partial charge in [-0.25, -0.2) is 9.97 Å². The second-order valence-electron chi connectivity index (χ2n) is 3.17. The summed E-state index contributed by atoms with van der Waals surface area (Å²) in [5.41, 5.74) is 6.59. The highest BCUT2D eigenvalue weighted by Crippen LogP contribution is 2.17. The lowest BCUT2D eigenvalue weighted by Crippen LogP contribution is -2.21. The first-order valence-corrected chi connectivity index (χ1v) is 4.65. The number of hydrogen-bond donors (Lipinski definition) is 3. The first kappa shape index (κ1) is 10.7. The maximum atomic E-state index is 8.89. The van der Waals surface area contributed by atoms with Gasteiger partial charge < -0.3 is 16.2 Å². The highest BCUT2D eigenvalue weighted by atomic mass is 16.3. The van der Waals surface area contributed by atoms with Crippen molar-refractivity contribution in [2.75, 3.05) is 17.7 Å². The average molecular weight is 196 g/mol. The van der Waals surface area contributed by atoms with Gasteiger partial charge in [-0.05, 0) is 13.3 Å². The Kier molecular flexibility index (Phi) is 3.64. The van der Waals surface area contributed by atoms with E-state index >= 15 is 0 Å². The zero-order valence-corrected chi connectivity index (χ0v) is 8.49. The molecule has 0 radical (unpaired) electrons. The summed E-state index contributed by atoms with van der Waals surface area (Å²) < 4.78 is 0. The van der Waals surface area contributed by atoms with Crippen molar-refractivity contribution in [3.63, 3.8) is 0 Å². The molecule has 1 aromatic heterocycles. The topological polar surface area (TPSA) is 84.1 Å². The van der Waals surface area contributed by atoms with Crippen LogP contribution in [0.2, 0.25) is 0 Å². The molecule has 1 unspecified atom stereocenters. The van der Waals surface area contributed by atoms with E-state index in [1.54, 1.807) is 0 Å². The predicted octanol–water partition coefficient (Wildman–Crippen LogP) is 0.414. The van der Waals surface area contributed by atoms with E-state index in [-0.39, 0.29) is 12.6 Å². The number of nitrogens with two attached hydrogens (primary N) is 1. The first-order chi connectivity index (χ1) is 6.69. The molecule has 5 heteroatoms. The van der Waals surface area contributed by atoms with Crippen molar-refractivity contribution in [3.8, 4) is 0 Å². The van der Waals surface area contributed by atoms with Crippen molar-refractivity contribution >= 4 is 11.6 Å². The van der Waals surface area contributed by atoms with Gasteiger partial charge in [-0.15, -0.1) is 0 Å². The Hall–Kier alpha value is -1.36. The minimum atomic E-state index is -0.0328. The van der Waals surface area contributed by atoms with E-state index in [9.17, 15) is 0 Å². The summed E-state index contributed by atoms with van der Waals surface area (Å²) in [5, 5.41) is 12.0. The van der Waals surface area contributed by atoms with Crippen molar-refractivity contribution in [1.29, 1.82) is 0 Å². The second-order valence-corrected chi connectivity index (χ2v) is 3.17. The largest absolute Gasteiger partial charge is 0.394 e.